The number of hydrogen-bond donors (Lipinski definition) is 0. The predicted octanol–water partition coefficient (Wildman–Crippen LogP) is 1.45. The minimum Gasteiger partial charge on any atom is -0.497 e. The Morgan fingerprint density at radius 1 is 1.16 bits per heavy atom. The van der Waals surface area contributed by atoms with E-state index in [9.17, 15) is 4.79 Å². The average molecular weight is 347 g/mol. The average Bonchev–Trinajstić information content (AvgIpc) is 2.65. The van der Waals surface area contributed by atoms with Crippen LogP contribution >= 0.6 is 0 Å². The van der Waals surface area contributed by atoms with E-state index in [-0.39, 0.29) is 12.0 Å². The lowest BCUT2D eigenvalue weighted by Gasteiger charge is -2.40. The largest absolute Gasteiger partial charge is 0.497 e. The fourth-order valence-electron chi connectivity index (χ4n) is 3.47. The maximum Gasteiger partial charge on any atom is 0.236 e. The highest BCUT2D eigenvalue weighted by molar-refractivity contribution is 5.78. The first-order valence-corrected chi connectivity index (χ1v) is 9.09. The van der Waals surface area contributed by atoms with E-state index in [1.807, 2.05) is 17.0 Å². The molecule has 138 valence electrons. The topological polar surface area (TPSA) is 45.2 Å². The Labute approximate surface area is 150 Å². The van der Waals surface area contributed by atoms with Crippen molar-refractivity contribution in [3.8, 4) is 5.75 Å². The number of hydrogen-bond acceptors (Lipinski definition) is 5. The second kappa shape index (κ2) is 8.06. The summed E-state index contributed by atoms with van der Waals surface area (Å²) >= 11 is 0. The summed E-state index contributed by atoms with van der Waals surface area (Å²) in [4.78, 5) is 19.2. The number of morpholine rings is 1. The van der Waals surface area contributed by atoms with Gasteiger partial charge in [-0.2, -0.15) is 0 Å². The fourth-order valence-corrected chi connectivity index (χ4v) is 3.47. The monoisotopic (exact) mass is 347 g/mol. The molecule has 0 bridgehead atoms. The molecule has 2 heterocycles. The minimum absolute atomic E-state index is 0.205. The molecule has 2 fully saturated rings. The molecule has 1 aromatic rings. The first kappa shape index (κ1) is 18.0. The second-order valence-corrected chi connectivity index (χ2v) is 6.99. The van der Waals surface area contributed by atoms with E-state index >= 15 is 0 Å². The summed E-state index contributed by atoms with van der Waals surface area (Å²) in [5.41, 5.74) is 1.18. The number of benzene rings is 1. The van der Waals surface area contributed by atoms with Gasteiger partial charge in [0.25, 0.3) is 0 Å². The number of piperazine rings is 1. The SMILES string of the molecule is COc1ccc(N2CCN(C(=O)CN3CC(C)OCC3C)CC2)cc1. The second-order valence-electron chi connectivity index (χ2n) is 6.99. The zero-order valence-electron chi connectivity index (χ0n) is 15.5. The van der Waals surface area contributed by atoms with Crippen molar-refractivity contribution in [1.82, 2.24) is 9.80 Å². The Morgan fingerprint density at radius 3 is 2.48 bits per heavy atom. The molecule has 1 amide bonds. The van der Waals surface area contributed by atoms with E-state index in [2.05, 4.69) is 35.8 Å². The van der Waals surface area contributed by atoms with Crippen LogP contribution in [0.5, 0.6) is 5.75 Å². The van der Waals surface area contributed by atoms with Gasteiger partial charge in [0.05, 0.1) is 26.4 Å². The molecule has 3 rings (SSSR count). The van der Waals surface area contributed by atoms with Gasteiger partial charge in [0.15, 0.2) is 0 Å². The molecular weight excluding hydrogens is 318 g/mol. The molecule has 0 spiro atoms. The van der Waals surface area contributed by atoms with E-state index in [0.717, 1.165) is 38.5 Å². The van der Waals surface area contributed by atoms with Crippen molar-refractivity contribution in [3.05, 3.63) is 24.3 Å². The van der Waals surface area contributed by atoms with E-state index in [1.54, 1.807) is 7.11 Å². The van der Waals surface area contributed by atoms with Crippen molar-refractivity contribution in [2.24, 2.45) is 0 Å². The van der Waals surface area contributed by atoms with Crippen LogP contribution in [-0.4, -0.2) is 80.8 Å². The van der Waals surface area contributed by atoms with Crippen LogP contribution < -0.4 is 9.64 Å². The van der Waals surface area contributed by atoms with Crippen LogP contribution in [0.4, 0.5) is 5.69 Å². The van der Waals surface area contributed by atoms with E-state index in [1.165, 1.54) is 5.69 Å². The summed E-state index contributed by atoms with van der Waals surface area (Å²) in [5.74, 6) is 1.10. The van der Waals surface area contributed by atoms with Crippen molar-refractivity contribution in [3.63, 3.8) is 0 Å². The van der Waals surface area contributed by atoms with Gasteiger partial charge in [-0.25, -0.2) is 0 Å². The molecule has 0 aliphatic carbocycles. The molecule has 0 aromatic heterocycles. The van der Waals surface area contributed by atoms with Crippen LogP contribution in [0.15, 0.2) is 24.3 Å². The zero-order valence-corrected chi connectivity index (χ0v) is 15.5. The van der Waals surface area contributed by atoms with E-state index in [0.29, 0.717) is 19.2 Å². The van der Waals surface area contributed by atoms with Gasteiger partial charge in [0.1, 0.15) is 5.75 Å². The summed E-state index contributed by atoms with van der Waals surface area (Å²) < 4.78 is 10.9. The lowest BCUT2D eigenvalue weighted by Crippen LogP contribution is -2.55. The third-order valence-electron chi connectivity index (χ3n) is 5.15. The van der Waals surface area contributed by atoms with Crippen molar-refractivity contribution < 1.29 is 14.3 Å². The summed E-state index contributed by atoms with van der Waals surface area (Å²) in [6, 6.07) is 8.42. The number of methoxy groups -OCH3 is 1. The Morgan fingerprint density at radius 2 is 1.84 bits per heavy atom. The fraction of sp³-hybridized carbons (Fsp3) is 0.632. The van der Waals surface area contributed by atoms with E-state index in [4.69, 9.17) is 9.47 Å². The Kier molecular flexibility index (Phi) is 5.81. The molecule has 6 heteroatoms. The van der Waals surface area contributed by atoms with Crippen LogP contribution in [0.1, 0.15) is 13.8 Å². The van der Waals surface area contributed by atoms with Crippen molar-refractivity contribution in [2.45, 2.75) is 26.0 Å². The highest BCUT2D eigenvalue weighted by Gasteiger charge is 2.28. The molecule has 0 N–H and O–H groups in total. The Balaban J connectivity index is 1.50. The molecule has 2 saturated heterocycles. The zero-order chi connectivity index (χ0) is 17.8. The number of carbonyl (C=O) groups excluding carboxylic acids is 1. The van der Waals surface area contributed by atoms with Gasteiger partial charge in [-0.1, -0.05) is 0 Å². The first-order chi connectivity index (χ1) is 12.1. The molecule has 2 aliphatic rings. The van der Waals surface area contributed by atoms with Gasteiger partial charge in [-0.05, 0) is 38.1 Å². The predicted molar refractivity (Wildman–Crippen MR) is 98.2 cm³/mol. The quantitative estimate of drug-likeness (QED) is 0.825. The lowest BCUT2D eigenvalue weighted by molar-refractivity contribution is -0.136. The smallest absolute Gasteiger partial charge is 0.236 e. The standard InChI is InChI=1S/C19H29N3O3/c1-15-14-25-16(2)12-22(15)13-19(23)21-10-8-20(9-11-21)17-4-6-18(24-3)7-5-17/h4-7,15-16H,8-14H2,1-3H3. The van der Waals surface area contributed by atoms with Crippen molar-refractivity contribution in [1.29, 1.82) is 0 Å². The summed E-state index contributed by atoms with van der Waals surface area (Å²) in [6.07, 6.45) is 0.205. The van der Waals surface area contributed by atoms with Crippen molar-refractivity contribution >= 4 is 11.6 Å². The van der Waals surface area contributed by atoms with Crippen LogP contribution in [0.3, 0.4) is 0 Å². The summed E-state index contributed by atoms with van der Waals surface area (Å²) in [7, 11) is 1.68. The molecule has 1 aromatic carbocycles. The summed E-state index contributed by atoms with van der Waals surface area (Å²) in [6.45, 7) is 9.52. The van der Waals surface area contributed by atoms with Crippen molar-refractivity contribution in [2.75, 3.05) is 57.9 Å². The number of carbonyl (C=O) groups is 1. The molecule has 25 heavy (non-hydrogen) atoms. The van der Waals surface area contributed by atoms with Gasteiger partial charge in [-0.3, -0.25) is 9.69 Å². The number of anilines is 1. The van der Waals surface area contributed by atoms with Gasteiger partial charge in [-0.15, -0.1) is 0 Å². The Bertz CT molecular complexity index is 570. The molecule has 2 aliphatic heterocycles. The summed E-state index contributed by atoms with van der Waals surface area (Å²) in [5, 5.41) is 0. The minimum atomic E-state index is 0.205. The highest BCUT2D eigenvalue weighted by Crippen LogP contribution is 2.20. The highest BCUT2D eigenvalue weighted by atomic mass is 16.5. The molecule has 2 atom stereocenters. The number of amides is 1. The van der Waals surface area contributed by atoms with Gasteiger partial charge in [0, 0.05) is 44.5 Å². The van der Waals surface area contributed by atoms with Crippen LogP contribution in [0, 0.1) is 0 Å². The van der Waals surface area contributed by atoms with Gasteiger partial charge < -0.3 is 19.3 Å². The third kappa shape index (κ3) is 4.44. The lowest BCUT2D eigenvalue weighted by atomic mass is 10.2. The van der Waals surface area contributed by atoms with Gasteiger partial charge >= 0.3 is 0 Å². The maximum absolute atomic E-state index is 12.7. The normalized spacial score (nSPS) is 25.1. The number of nitrogens with zero attached hydrogens (tertiary/aromatic N) is 3. The van der Waals surface area contributed by atoms with Crippen LogP contribution in [0.2, 0.25) is 0 Å². The molecule has 6 nitrogen and oxygen atoms in total. The first-order valence-electron chi connectivity index (χ1n) is 9.09. The molecule has 2 unspecified atom stereocenters. The Hall–Kier alpha value is -1.79. The van der Waals surface area contributed by atoms with Crippen LogP contribution in [-0.2, 0) is 9.53 Å². The third-order valence-corrected chi connectivity index (χ3v) is 5.15. The molecule has 0 radical (unpaired) electrons. The van der Waals surface area contributed by atoms with Gasteiger partial charge in [0.2, 0.25) is 5.91 Å². The maximum atomic E-state index is 12.7. The number of ether oxygens (including phenoxy) is 2. The van der Waals surface area contributed by atoms with E-state index < -0.39 is 0 Å². The molecular formula is C19H29N3O3. The number of rotatable bonds is 4. The molecule has 0 saturated carbocycles. The van der Waals surface area contributed by atoms with Crippen LogP contribution in [0.25, 0.3) is 0 Å².